The number of nitrogens with zero attached hydrogens (tertiary/aromatic N) is 25. The molecule has 4 N–H and O–H groups in total. The fraction of sp³-hybridized carbons (Fsp3) is 0.563. The van der Waals surface area contributed by atoms with Crippen LogP contribution in [0, 0.1) is 106 Å². The normalized spacial score (nSPS) is 30.6. The van der Waals surface area contributed by atoms with Crippen molar-refractivity contribution in [1.82, 2.24) is 120 Å². The van der Waals surface area contributed by atoms with Gasteiger partial charge in [-0.25, -0.2) is 67.6 Å². The third-order valence-electron chi connectivity index (χ3n) is 36.2. The van der Waals surface area contributed by atoms with Crippen LogP contribution in [0.3, 0.4) is 0 Å². The van der Waals surface area contributed by atoms with Crippen molar-refractivity contribution in [3.63, 3.8) is 0 Å². The lowest BCUT2D eigenvalue weighted by Gasteiger charge is -2.60. The molecule has 42 heteroatoms. The predicted molar refractivity (Wildman–Crippen MR) is 538 cm³/mol. The minimum absolute atomic E-state index is 0.00606. The van der Waals surface area contributed by atoms with Crippen LogP contribution in [-0.2, 0) is 61.5 Å². The third kappa shape index (κ3) is 15.3. The second-order valence-corrected chi connectivity index (χ2v) is 45.3. The average molecular weight is 2010 g/mol. The molecule has 15 heterocycles. The summed E-state index contributed by atoms with van der Waals surface area (Å²) < 4.78 is 41.6. The summed E-state index contributed by atoms with van der Waals surface area (Å²) in [6.45, 7) is 14.0. The summed E-state index contributed by atoms with van der Waals surface area (Å²) in [7, 11) is 7.14. The van der Waals surface area contributed by atoms with Gasteiger partial charge in [0.15, 0.2) is 39.5 Å². The number of aromatic nitrogens is 25. The van der Waals surface area contributed by atoms with E-state index in [1.165, 1.54) is 57.5 Å². The molecule has 16 bridgehead atoms. The maximum Gasteiger partial charge on any atom is 0.330 e. The number of ether oxygens (including phenoxy) is 4. The smallest absolute Gasteiger partial charge is 0.330 e. The topological polar surface area (TPSA) is 438 Å². The van der Waals surface area contributed by atoms with Gasteiger partial charge in [-0.05, 0) is 263 Å². The molecule has 145 heavy (non-hydrogen) atoms. The second kappa shape index (κ2) is 35.1. The number of carbonyl (C=O) groups excluding carboxylic acids is 3. The number of carbonyl (C=O) groups is 3. The Bertz CT molecular complexity index is 7680. The van der Waals surface area contributed by atoms with E-state index in [4.69, 9.17) is 62.1 Å². The number of hydrogen-bond acceptors (Lipinski definition) is 29. The van der Waals surface area contributed by atoms with E-state index in [9.17, 15) is 33.6 Å². The van der Waals surface area contributed by atoms with Gasteiger partial charge < -0.3 is 40.2 Å². The van der Waals surface area contributed by atoms with Gasteiger partial charge in [0.25, 0.3) is 0 Å². The number of anilines is 7. The first-order valence-corrected chi connectivity index (χ1v) is 52.5. The highest BCUT2D eigenvalue weighted by atomic mass is 35.5. The Balaban J connectivity index is 0.000000101. The zero-order valence-corrected chi connectivity index (χ0v) is 84.4. The summed E-state index contributed by atoms with van der Waals surface area (Å²) in [6, 6.07) is 5.67. The fourth-order valence-corrected chi connectivity index (χ4v) is 31.4. The van der Waals surface area contributed by atoms with Gasteiger partial charge in [-0.1, -0.05) is 48.7 Å². The van der Waals surface area contributed by atoms with Crippen LogP contribution in [0.1, 0.15) is 206 Å². The van der Waals surface area contributed by atoms with Crippen molar-refractivity contribution >= 4 is 144 Å². The molecule has 32 rings (SSSR count). The van der Waals surface area contributed by atoms with Crippen LogP contribution in [-0.4, -0.2) is 171 Å². The molecule has 17 fully saturated rings. The largest absolute Gasteiger partial charge is 0.466 e. The van der Waals surface area contributed by atoms with Gasteiger partial charge >= 0.3 is 40.7 Å². The summed E-state index contributed by atoms with van der Waals surface area (Å²) in [6.07, 6.45) is 43.4. The Labute approximate surface area is 841 Å². The highest BCUT2D eigenvalue weighted by molar-refractivity contribution is 6.34. The van der Waals surface area contributed by atoms with E-state index in [2.05, 4.69) is 97.5 Å². The van der Waals surface area contributed by atoms with Crippen molar-refractivity contribution < 1.29 is 33.3 Å². The van der Waals surface area contributed by atoms with Crippen molar-refractivity contribution in [2.45, 2.75) is 213 Å². The lowest BCUT2D eigenvalue weighted by atomic mass is 9.47. The number of hydrogen-bond donors (Lipinski definition) is 4. The first-order valence-electron chi connectivity index (χ1n) is 51.7. The van der Waals surface area contributed by atoms with E-state index < -0.39 is 10.8 Å². The Morgan fingerprint density at radius 3 is 1.07 bits per heavy atom. The van der Waals surface area contributed by atoms with Crippen molar-refractivity contribution in [2.24, 2.45) is 127 Å². The van der Waals surface area contributed by atoms with Gasteiger partial charge in [0.05, 0.1) is 113 Å². The Morgan fingerprint density at radius 2 is 0.724 bits per heavy atom. The number of aryl methyl sites for hydroxylation is 5. The summed E-state index contributed by atoms with van der Waals surface area (Å²) in [5, 5.41) is 26.6. The predicted octanol–water partition coefficient (Wildman–Crippen LogP) is 14.7. The molecule has 17 aliphatic carbocycles. The van der Waals surface area contributed by atoms with E-state index in [0.717, 1.165) is 154 Å². The van der Waals surface area contributed by atoms with Gasteiger partial charge in [0.1, 0.15) is 41.0 Å². The molecule has 0 radical (unpaired) electrons. The number of halogens is 2. The number of rotatable bonds is 19. The molecule has 1 aliphatic heterocycles. The lowest BCUT2D eigenvalue weighted by Crippen LogP contribution is -2.55. The number of imidazole rings is 4. The number of esters is 3. The van der Waals surface area contributed by atoms with Crippen LogP contribution in [0.25, 0.3) is 61.6 Å². The molecule has 10 unspecified atom stereocenters. The lowest BCUT2D eigenvalue weighted by molar-refractivity contribution is -0.176. The zero-order valence-electron chi connectivity index (χ0n) is 82.9. The van der Waals surface area contributed by atoms with Crippen LogP contribution in [0.2, 0.25) is 10.0 Å². The SMILES string of the molecule is CCC12CC3CC(C1)C(n1c(=O)n(C)c4cnc(Nc5cn6ncnc6cc5Cl)nc41)C(C3)C2.CCOC(=O)C12CC3CC(C1)C(n1c(=O)n(C)c4cnc(NC5=CC6CCOC6C=C5C)nc41)C(C3)C2.CCOC(=O)C12CC3CC(C1)C(n1c(=O)n(C)c4cnc(Nc5cn6ncnc6cc5C)nc41)C(C3)C2.CCOC(=O)C12CC3CC(C1)C(n1c(=O)n(C)c4cnc(Nc5cn6ncnc6cc5Cl)nc41)C(C3)C2. The molecule has 0 spiro atoms. The molecular weight excluding hydrogens is 1890 g/mol. The first-order chi connectivity index (χ1) is 70.0. The third-order valence-corrected chi connectivity index (χ3v) is 36.8. The minimum atomic E-state index is -0.407. The van der Waals surface area contributed by atoms with Crippen molar-refractivity contribution in [2.75, 3.05) is 47.7 Å². The molecule has 14 aromatic rings. The van der Waals surface area contributed by atoms with Gasteiger partial charge in [-0.15, -0.1) is 0 Å². The van der Waals surface area contributed by atoms with Crippen molar-refractivity contribution in [3.8, 4) is 0 Å². The Morgan fingerprint density at radius 1 is 0.407 bits per heavy atom. The molecule has 18 aliphatic rings. The molecule has 1 saturated heterocycles. The maximum absolute atomic E-state index is 13.6. The van der Waals surface area contributed by atoms with Crippen LogP contribution >= 0.6 is 23.2 Å². The fourth-order valence-electron chi connectivity index (χ4n) is 31.0. The van der Waals surface area contributed by atoms with Crippen LogP contribution in [0.15, 0.2) is 123 Å². The zero-order chi connectivity index (χ0) is 99.6. The van der Waals surface area contributed by atoms with Crippen LogP contribution in [0.5, 0.6) is 0 Å². The van der Waals surface area contributed by atoms with E-state index in [-0.39, 0.29) is 112 Å². The molecule has 16 saturated carbocycles. The molecule has 0 aromatic carbocycles. The Hall–Kier alpha value is -13.1. The van der Waals surface area contributed by atoms with Gasteiger partial charge in [0.2, 0.25) is 23.8 Å². The summed E-state index contributed by atoms with van der Waals surface area (Å²) in [5.41, 5.74) is 11.7. The van der Waals surface area contributed by atoms with Crippen molar-refractivity contribution in [1.29, 1.82) is 0 Å². The summed E-state index contributed by atoms with van der Waals surface area (Å²) in [4.78, 5) is 143. The van der Waals surface area contributed by atoms with Crippen LogP contribution < -0.4 is 44.0 Å². The molecule has 0 amide bonds. The molecule has 756 valence electrons. The number of pyridine rings is 3. The monoisotopic (exact) mass is 2010 g/mol. The standard InChI is InChI=1S/C28H35N5O4.C26H30N8O3.C25H27ClN8O3.C24H27ClN8O/c1-4-36-25(34)28-11-16-8-18(12-28)23(19(9-16)13-28)33-24-21(32(3)27(33)35)14-29-26(31-24)30-20-10-17-5-6-37-22(17)7-15(20)2;1-4-37-23(35)26-8-15-6-16(9-26)21(17(7-15)10-26)34-22-19(32(3)25(34)36)11-27-24(31-22)30-18-12-33-20(5-14(18)2)28-13-29-33;1-3-37-22(35)25-7-13-4-14(8-25)20(15(5-13)9-25)34-21-18(32(2)24(34)36)10-27-23(31-21)30-17-11-33-19(6-16(17)26)28-12-29-33;1-3-24-7-13-4-14(8-24)20(15(5-13)9-24)33-21-18(31(2)23(33)34)10-26-22(30-21)29-17-11-32-19(6-16(17)25)27-12-28-32/h7,10,14,16-19,22-23H,4-6,8-9,11-13H2,1-3H3,(H,29,30,31);5,11-13,15-17,21H,4,6-10H2,1-3H3,(H,27,30,31);6,10-15,20H,3-5,7-9H2,1-2H3,(H,27,30,31);6,10-15,20H,3-5,7-9H2,1-2H3,(H,26,29,30). The molecule has 10 atom stereocenters. The molecular formula is C103H119Cl2N29O11. The summed E-state index contributed by atoms with van der Waals surface area (Å²) >= 11 is 12.9. The summed E-state index contributed by atoms with van der Waals surface area (Å²) in [5.74, 6) is 6.85. The van der Waals surface area contributed by atoms with Gasteiger partial charge in [0, 0.05) is 82.7 Å². The first kappa shape index (κ1) is 93.0. The Kier molecular flexibility index (Phi) is 22.5. The average Bonchev–Trinajstić information content (AvgIpc) is 1.67. The maximum atomic E-state index is 13.6. The number of nitrogens with one attached hydrogen (secondary N) is 4. The van der Waals surface area contributed by atoms with E-state index in [1.54, 1.807) is 102 Å². The van der Waals surface area contributed by atoms with Gasteiger partial charge in [-0.2, -0.15) is 35.2 Å². The van der Waals surface area contributed by atoms with Crippen molar-refractivity contribution in [3.05, 3.63) is 162 Å². The van der Waals surface area contributed by atoms with Gasteiger partial charge in [-0.3, -0.25) is 50.9 Å². The highest BCUT2D eigenvalue weighted by Crippen LogP contribution is 2.69. The molecule has 14 aromatic heterocycles. The second-order valence-electron chi connectivity index (χ2n) is 44.5. The highest BCUT2D eigenvalue weighted by Gasteiger charge is 2.64. The quantitative estimate of drug-likeness (QED) is 0.0431. The van der Waals surface area contributed by atoms with E-state index >= 15 is 0 Å². The number of fused-ring (bicyclic) bond motifs is 8. The van der Waals surface area contributed by atoms with Crippen LogP contribution in [0.4, 0.5) is 40.9 Å². The molecule has 40 nitrogen and oxygen atoms in total. The minimum Gasteiger partial charge on any atom is -0.466 e. The van der Waals surface area contributed by atoms with E-state index in [1.807, 2.05) is 65.3 Å². The van der Waals surface area contributed by atoms with E-state index in [0.29, 0.717) is 151 Å². The number of allylic oxidation sites excluding steroid dienone is 1.